The molecule has 0 radical (unpaired) electrons. The van der Waals surface area contributed by atoms with Gasteiger partial charge in [0.25, 0.3) is 0 Å². The van der Waals surface area contributed by atoms with Crippen LogP contribution in [-0.4, -0.2) is 19.7 Å². The fourth-order valence-corrected chi connectivity index (χ4v) is 4.31. The minimum Gasteiger partial charge on any atom is -0.493 e. The largest absolute Gasteiger partial charge is 0.493 e. The molecule has 3 saturated carbocycles. The standard InChI is InChI=1S/C17H21IO3/c1-20-15(19)17-8-5-16(6-9-17,7-10-17)12-21-14-4-2-3-13(18)11-14/h2-4,11H,5-10,12H2,1H3. The Morgan fingerprint density at radius 2 is 1.86 bits per heavy atom. The third-order valence-corrected chi connectivity index (χ3v) is 6.03. The van der Waals surface area contributed by atoms with Crippen molar-refractivity contribution in [1.82, 2.24) is 0 Å². The van der Waals surface area contributed by atoms with E-state index >= 15 is 0 Å². The van der Waals surface area contributed by atoms with Crippen LogP contribution >= 0.6 is 22.6 Å². The maximum atomic E-state index is 12.0. The molecule has 0 N–H and O–H groups in total. The lowest BCUT2D eigenvalue weighted by atomic mass is 9.54. The molecular formula is C17H21IO3. The van der Waals surface area contributed by atoms with E-state index in [2.05, 4.69) is 34.7 Å². The van der Waals surface area contributed by atoms with Crippen LogP contribution in [0.4, 0.5) is 0 Å². The Balaban J connectivity index is 1.63. The van der Waals surface area contributed by atoms with Gasteiger partial charge in [-0.3, -0.25) is 4.79 Å². The van der Waals surface area contributed by atoms with Crippen LogP contribution in [0.1, 0.15) is 38.5 Å². The summed E-state index contributed by atoms with van der Waals surface area (Å²) in [5.41, 5.74) is 0.0652. The van der Waals surface area contributed by atoms with Gasteiger partial charge in [-0.2, -0.15) is 0 Å². The first-order valence-electron chi connectivity index (χ1n) is 7.54. The Labute approximate surface area is 139 Å². The van der Waals surface area contributed by atoms with E-state index in [9.17, 15) is 4.79 Å². The van der Waals surface area contributed by atoms with E-state index in [1.807, 2.05) is 12.1 Å². The van der Waals surface area contributed by atoms with Gasteiger partial charge in [0, 0.05) is 8.99 Å². The van der Waals surface area contributed by atoms with Gasteiger partial charge < -0.3 is 9.47 Å². The quantitative estimate of drug-likeness (QED) is 0.562. The van der Waals surface area contributed by atoms with Crippen molar-refractivity contribution in [3.63, 3.8) is 0 Å². The molecule has 0 atom stereocenters. The van der Waals surface area contributed by atoms with Crippen molar-refractivity contribution in [1.29, 1.82) is 0 Å². The summed E-state index contributed by atoms with van der Waals surface area (Å²) in [7, 11) is 1.51. The molecule has 4 rings (SSSR count). The number of carbonyl (C=O) groups is 1. The van der Waals surface area contributed by atoms with Crippen molar-refractivity contribution < 1.29 is 14.3 Å². The van der Waals surface area contributed by atoms with Crippen molar-refractivity contribution in [2.45, 2.75) is 38.5 Å². The van der Waals surface area contributed by atoms with Crippen molar-refractivity contribution in [3.8, 4) is 5.75 Å². The Morgan fingerprint density at radius 1 is 1.19 bits per heavy atom. The van der Waals surface area contributed by atoms with E-state index in [4.69, 9.17) is 9.47 Å². The molecule has 4 heteroatoms. The second-order valence-corrected chi connectivity index (χ2v) is 7.76. The molecule has 0 aliphatic heterocycles. The Hall–Kier alpha value is -0.780. The van der Waals surface area contributed by atoms with Crippen LogP contribution in [0.5, 0.6) is 5.75 Å². The maximum absolute atomic E-state index is 12.0. The number of hydrogen-bond acceptors (Lipinski definition) is 3. The van der Waals surface area contributed by atoms with Crippen LogP contribution in [0, 0.1) is 14.4 Å². The maximum Gasteiger partial charge on any atom is 0.311 e. The van der Waals surface area contributed by atoms with Crippen molar-refractivity contribution in [3.05, 3.63) is 27.8 Å². The number of hydrogen-bond donors (Lipinski definition) is 0. The number of benzene rings is 1. The first kappa shape index (κ1) is 15.1. The van der Waals surface area contributed by atoms with Crippen molar-refractivity contribution >= 4 is 28.6 Å². The summed E-state index contributed by atoms with van der Waals surface area (Å²) in [5.74, 6) is 0.945. The van der Waals surface area contributed by atoms with E-state index in [0.29, 0.717) is 0 Å². The predicted octanol–water partition coefficient (Wildman–Crippen LogP) is 4.18. The van der Waals surface area contributed by atoms with Gasteiger partial charge in [0.15, 0.2) is 0 Å². The Kier molecular flexibility index (Phi) is 4.17. The molecule has 2 bridgehead atoms. The molecular weight excluding hydrogens is 379 g/mol. The summed E-state index contributed by atoms with van der Waals surface area (Å²) in [6, 6.07) is 8.18. The zero-order valence-corrected chi connectivity index (χ0v) is 14.5. The number of ether oxygens (including phenoxy) is 2. The molecule has 3 nitrogen and oxygen atoms in total. The van der Waals surface area contributed by atoms with Gasteiger partial charge in [0.1, 0.15) is 5.75 Å². The second kappa shape index (κ2) is 5.78. The normalized spacial score (nSPS) is 31.0. The number of esters is 1. The number of halogens is 1. The topological polar surface area (TPSA) is 35.5 Å². The molecule has 1 aromatic rings. The molecule has 0 aromatic heterocycles. The summed E-state index contributed by atoms with van der Waals surface area (Å²) in [5, 5.41) is 0. The van der Waals surface area contributed by atoms with Gasteiger partial charge in [-0.05, 0) is 79.3 Å². The summed E-state index contributed by atoms with van der Waals surface area (Å²) >= 11 is 2.30. The summed E-state index contributed by atoms with van der Waals surface area (Å²) in [4.78, 5) is 12.0. The molecule has 1 aromatic carbocycles. The lowest BCUT2D eigenvalue weighted by Crippen LogP contribution is -2.48. The minimum absolute atomic E-state index is 0.00525. The SMILES string of the molecule is COC(=O)C12CCC(COc3cccc(I)c3)(CC1)CC2. The number of rotatable bonds is 4. The monoisotopic (exact) mass is 400 g/mol. The zero-order valence-electron chi connectivity index (χ0n) is 12.4. The molecule has 0 unspecified atom stereocenters. The summed E-state index contributed by atoms with van der Waals surface area (Å²) < 4.78 is 12.3. The molecule has 114 valence electrons. The highest BCUT2D eigenvalue weighted by atomic mass is 127. The molecule has 0 amide bonds. The first-order valence-corrected chi connectivity index (χ1v) is 8.62. The van der Waals surface area contributed by atoms with E-state index < -0.39 is 0 Å². The van der Waals surface area contributed by atoms with Crippen LogP contribution < -0.4 is 4.74 Å². The summed E-state index contributed by atoms with van der Waals surface area (Å²) in [6.07, 6.45) is 6.09. The predicted molar refractivity (Wildman–Crippen MR) is 89.2 cm³/mol. The lowest BCUT2D eigenvalue weighted by Gasteiger charge is -2.51. The van der Waals surface area contributed by atoms with Gasteiger partial charge in [0.05, 0.1) is 19.1 Å². The fourth-order valence-electron chi connectivity index (χ4n) is 3.80. The van der Waals surface area contributed by atoms with E-state index in [0.717, 1.165) is 50.9 Å². The number of fused-ring (bicyclic) bond motifs is 3. The van der Waals surface area contributed by atoms with Crippen LogP contribution in [0.3, 0.4) is 0 Å². The van der Waals surface area contributed by atoms with Crippen LogP contribution in [0.15, 0.2) is 24.3 Å². The highest BCUT2D eigenvalue weighted by Crippen LogP contribution is 2.57. The highest BCUT2D eigenvalue weighted by Gasteiger charge is 2.53. The lowest BCUT2D eigenvalue weighted by molar-refractivity contribution is -0.163. The van der Waals surface area contributed by atoms with Crippen molar-refractivity contribution in [2.24, 2.45) is 10.8 Å². The zero-order chi connectivity index (χ0) is 14.9. The Bertz CT molecular complexity index is 516. The molecule has 3 fully saturated rings. The van der Waals surface area contributed by atoms with Gasteiger partial charge in [-0.25, -0.2) is 0 Å². The third kappa shape index (κ3) is 2.91. The van der Waals surface area contributed by atoms with E-state index in [1.165, 1.54) is 10.7 Å². The molecule has 21 heavy (non-hydrogen) atoms. The fraction of sp³-hybridized carbons (Fsp3) is 0.588. The highest BCUT2D eigenvalue weighted by molar-refractivity contribution is 14.1. The molecule has 0 heterocycles. The smallest absolute Gasteiger partial charge is 0.311 e. The molecule has 3 aliphatic rings. The van der Waals surface area contributed by atoms with E-state index in [-0.39, 0.29) is 16.8 Å². The second-order valence-electron chi connectivity index (χ2n) is 6.52. The van der Waals surface area contributed by atoms with Gasteiger partial charge in [-0.15, -0.1) is 0 Å². The Morgan fingerprint density at radius 3 is 2.43 bits per heavy atom. The van der Waals surface area contributed by atoms with Crippen LogP contribution in [0.2, 0.25) is 0 Å². The number of carbonyl (C=O) groups excluding carboxylic acids is 1. The minimum atomic E-state index is -0.196. The number of methoxy groups -OCH3 is 1. The first-order chi connectivity index (χ1) is 10.1. The summed E-state index contributed by atoms with van der Waals surface area (Å²) in [6.45, 7) is 0.768. The van der Waals surface area contributed by atoms with Crippen molar-refractivity contribution in [2.75, 3.05) is 13.7 Å². The van der Waals surface area contributed by atoms with Gasteiger partial charge in [-0.1, -0.05) is 6.07 Å². The molecule has 3 aliphatic carbocycles. The molecule has 0 spiro atoms. The van der Waals surface area contributed by atoms with Crippen LogP contribution in [-0.2, 0) is 9.53 Å². The van der Waals surface area contributed by atoms with Gasteiger partial charge in [0.2, 0.25) is 0 Å². The van der Waals surface area contributed by atoms with E-state index in [1.54, 1.807) is 0 Å². The molecule has 0 saturated heterocycles. The average Bonchev–Trinajstić information content (AvgIpc) is 2.54. The van der Waals surface area contributed by atoms with Gasteiger partial charge >= 0.3 is 5.97 Å². The van der Waals surface area contributed by atoms with Crippen LogP contribution in [0.25, 0.3) is 0 Å². The third-order valence-electron chi connectivity index (χ3n) is 5.36. The average molecular weight is 400 g/mol.